The third-order valence-corrected chi connectivity index (χ3v) is 9.85. The van der Waals surface area contributed by atoms with Gasteiger partial charge in [0.15, 0.2) is 0 Å². The molecule has 0 saturated carbocycles. The van der Waals surface area contributed by atoms with Crippen LogP contribution in [0.2, 0.25) is 0 Å². The minimum Gasteiger partial charge on any atom is -0.478 e. The van der Waals surface area contributed by atoms with E-state index in [4.69, 9.17) is 9.84 Å². The van der Waals surface area contributed by atoms with E-state index in [-0.39, 0.29) is 58.6 Å². The van der Waals surface area contributed by atoms with Crippen molar-refractivity contribution in [2.45, 2.75) is 44.2 Å². The van der Waals surface area contributed by atoms with Crippen molar-refractivity contribution in [1.82, 2.24) is 19.9 Å². The van der Waals surface area contributed by atoms with Gasteiger partial charge in [0.25, 0.3) is 0 Å². The maximum Gasteiger partial charge on any atom is 0.416 e. The smallest absolute Gasteiger partial charge is 0.416 e. The molecule has 21 heteroatoms. The first-order valence-electron chi connectivity index (χ1n) is 17.5. The number of alkyl halides is 6. The second-order valence-electron chi connectivity index (χ2n) is 13.4. The zero-order valence-corrected chi connectivity index (χ0v) is 32.4. The van der Waals surface area contributed by atoms with Crippen molar-refractivity contribution in [2.24, 2.45) is 0 Å². The normalized spacial score (nSPS) is 13.4. The van der Waals surface area contributed by atoms with E-state index in [9.17, 15) is 58.2 Å². The van der Waals surface area contributed by atoms with Crippen molar-refractivity contribution in [3.05, 3.63) is 117 Å². The lowest BCUT2D eigenvalue weighted by molar-refractivity contribution is -0.143. The summed E-state index contributed by atoms with van der Waals surface area (Å²) < 4.78 is 135. The second-order valence-corrected chi connectivity index (χ2v) is 15.3. The lowest BCUT2D eigenvalue weighted by Gasteiger charge is -2.28. The predicted octanol–water partition coefficient (Wildman–Crippen LogP) is 7.64. The molecule has 0 unspecified atom stereocenters. The Balaban J connectivity index is 0.000000274. The number of nitrogens with zero attached hydrogens (tertiary/aromatic N) is 5. The summed E-state index contributed by atoms with van der Waals surface area (Å²) in [6.45, 7) is 4.56. The summed E-state index contributed by atoms with van der Waals surface area (Å²) in [4.78, 5) is 41.5. The molecule has 1 saturated heterocycles. The van der Waals surface area contributed by atoms with Gasteiger partial charge in [-0.25, -0.2) is 46.7 Å². The van der Waals surface area contributed by atoms with Crippen molar-refractivity contribution < 1.29 is 68.1 Å². The lowest BCUT2D eigenvalue weighted by atomic mass is 9.96. The van der Waals surface area contributed by atoms with E-state index in [0.29, 0.717) is 60.7 Å². The van der Waals surface area contributed by atoms with Crippen molar-refractivity contribution in [3.8, 4) is 22.5 Å². The number of hydrogen-bond donors (Lipinski definition) is 2. The van der Waals surface area contributed by atoms with Gasteiger partial charge in [0, 0.05) is 36.7 Å². The van der Waals surface area contributed by atoms with E-state index in [0.717, 1.165) is 24.6 Å². The van der Waals surface area contributed by atoms with Crippen molar-refractivity contribution >= 4 is 27.7 Å². The number of sulfone groups is 1. The standard InChI is InChI=1S/C26H22F7N3O3.C13H11FN2O4S/c1-14-10-18(27)3-4-19(14)22-21(23(37)38)20(34-24(35-22)36-6-8-39-9-7-36)5-2-15-11-16(25(28,29)30)13-17(12-15)26(31,32)33;1-7-5-8(14)3-4-9(7)11-10(12(17)18)6-15-13(16-11)21(2,19)20/h3-4,10-13H,2,5-9H2,1H3,(H,37,38);3-6H,1-2H3,(H,17,18). The summed E-state index contributed by atoms with van der Waals surface area (Å²) >= 11 is 0. The van der Waals surface area contributed by atoms with Crippen LogP contribution in [0.4, 0.5) is 41.1 Å². The molecule has 0 atom stereocenters. The van der Waals surface area contributed by atoms with Crippen LogP contribution in [0.15, 0.2) is 66.0 Å². The molecule has 318 valence electrons. The van der Waals surface area contributed by atoms with Crippen LogP contribution < -0.4 is 4.90 Å². The molecule has 1 aliphatic rings. The Labute approximate surface area is 336 Å². The van der Waals surface area contributed by atoms with Gasteiger partial charge in [-0.2, -0.15) is 26.3 Å². The van der Waals surface area contributed by atoms with E-state index >= 15 is 0 Å². The molecule has 1 aliphatic heterocycles. The number of halogens is 8. The first-order chi connectivity index (χ1) is 27.9. The summed E-state index contributed by atoms with van der Waals surface area (Å²) in [6.07, 6.45) is -8.85. The average Bonchev–Trinajstić information content (AvgIpc) is 3.16. The molecule has 12 nitrogen and oxygen atoms in total. The number of morpholine rings is 1. The maximum atomic E-state index is 13.8. The van der Waals surface area contributed by atoms with Crippen LogP contribution in [-0.2, 0) is 39.8 Å². The highest BCUT2D eigenvalue weighted by Crippen LogP contribution is 2.37. The number of aromatic carboxylic acids is 2. The first-order valence-corrected chi connectivity index (χ1v) is 19.4. The summed E-state index contributed by atoms with van der Waals surface area (Å²) in [5.41, 5.74) is -2.58. The topological polar surface area (TPSA) is 173 Å². The quantitative estimate of drug-likeness (QED) is 0.110. The third kappa shape index (κ3) is 10.7. The molecule has 3 aromatic carbocycles. The zero-order valence-electron chi connectivity index (χ0n) is 31.6. The minimum atomic E-state index is -5.02. The molecular formula is C39H33F8N5O7S. The number of aryl methyl sites for hydroxylation is 4. The van der Waals surface area contributed by atoms with Gasteiger partial charge in [-0.3, -0.25) is 0 Å². The van der Waals surface area contributed by atoms with Gasteiger partial charge in [-0.05, 0) is 98.0 Å². The van der Waals surface area contributed by atoms with Gasteiger partial charge in [-0.1, -0.05) is 0 Å². The number of benzene rings is 3. The number of hydrogen-bond acceptors (Lipinski definition) is 10. The zero-order chi connectivity index (χ0) is 44.3. The fourth-order valence-electron chi connectivity index (χ4n) is 6.12. The van der Waals surface area contributed by atoms with Crippen LogP contribution in [-0.4, -0.2) is 83.1 Å². The molecule has 0 amide bonds. The minimum absolute atomic E-state index is 0.0306. The van der Waals surface area contributed by atoms with Crippen LogP contribution >= 0.6 is 0 Å². The monoisotopic (exact) mass is 867 g/mol. The highest BCUT2D eigenvalue weighted by Gasteiger charge is 2.37. The molecule has 0 bridgehead atoms. The predicted molar refractivity (Wildman–Crippen MR) is 198 cm³/mol. The average molecular weight is 868 g/mol. The molecule has 2 aromatic heterocycles. The van der Waals surface area contributed by atoms with E-state index in [1.807, 2.05) is 0 Å². The number of carboxylic acid groups (broad SMARTS) is 2. The Morgan fingerprint density at radius 3 is 1.75 bits per heavy atom. The number of aromatic nitrogens is 4. The van der Waals surface area contributed by atoms with Gasteiger partial charge in [0.1, 0.15) is 22.8 Å². The fourth-order valence-corrected chi connectivity index (χ4v) is 6.62. The molecule has 5 aromatic rings. The van der Waals surface area contributed by atoms with E-state index in [1.165, 1.54) is 24.3 Å². The second kappa shape index (κ2) is 17.6. The number of carbonyl (C=O) groups is 2. The first kappa shape index (κ1) is 45.0. The number of ether oxygens (including phenoxy) is 1. The number of rotatable bonds is 9. The van der Waals surface area contributed by atoms with Crippen LogP contribution in [0.25, 0.3) is 22.5 Å². The van der Waals surface area contributed by atoms with Gasteiger partial charge in [0.05, 0.1) is 41.4 Å². The van der Waals surface area contributed by atoms with Crippen LogP contribution in [0.5, 0.6) is 0 Å². The summed E-state index contributed by atoms with van der Waals surface area (Å²) in [5.74, 6) is -3.66. The Morgan fingerprint density at radius 2 is 1.28 bits per heavy atom. The molecule has 6 rings (SSSR count). The molecule has 0 spiro atoms. The highest BCUT2D eigenvalue weighted by molar-refractivity contribution is 7.90. The largest absolute Gasteiger partial charge is 0.478 e. The molecular weight excluding hydrogens is 835 g/mol. The Kier molecular flexibility index (Phi) is 13.2. The summed E-state index contributed by atoms with van der Waals surface area (Å²) in [7, 11) is -3.69. The van der Waals surface area contributed by atoms with Crippen molar-refractivity contribution in [2.75, 3.05) is 37.5 Å². The van der Waals surface area contributed by atoms with Gasteiger partial charge in [0.2, 0.25) is 20.9 Å². The Hall–Kier alpha value is -6.09. The van der Waals surface area contributed by atoms with Gasteiger partial charge >= 0.3 is 24.3 Å². The van der Waals surface area contributed by atoms with E-state index in [2.05, 4.69) is 19.9 Å². The van der Waals surface area contributed by atoms with E-state index < -0.39 is 62.0 Å². The fraction of sp³-hybridized carbons (Fsp3) is 0.282. The Bertz CT molecular complexity index is 2530. The molecule has 3 heterocycles. The molecule has 60 heavy (non-hydrogen) atoms. The van der Waals surface area contributed by atoms with E-state index in [1.54, 1.807) is 18.7 Å². The molecule has 1 fully saturated rings. The van der Waals surface area contributed by atoms with Crippen LogP contribution in [0, 0.1) is 25.5 Å². The highest BCUT2D eigenvalue weighted by atomic mass is 32.2. The maximum absolute atomic E-state index is 13.8. The number of anilines is 1. The molecule has 2 N–H and O–H groups in total. The summed E-state index contributed by atoms with van der Waals surface area (Å²) in [5, 5.41) is 18.8. The summed E-state index contributed by atoms with van der Waals surface area (Å²) in [6, 6.07) is 8.63. The van der Waals surface area contributed by atoms with Crippen LogP contribution in [0.3, 0.4) is 0 Å². The van der Waals surface area contributed by atoms with Gasteiger partial charge < -0.3 is 19.8 Å². The SMILES string of the molecule is Cc1cc(F)ccc1-c1nc(N2CCOCC2)nc(CCc2cc(C(F)(F)F)cc(C(F)(F)F)c2)c1C(=O)O.Cc1cc(F)ccc1-c1nc(S(C)(=O)=O)ncc1C(=O)O. The van der Waals surface area contributed by atoms with Gasteiger partial charge in [-0.15, -0.1) is 0 Å². The molecule has 0 aliphatic carbocycles. The Morgan fingerprint density at radius 1 is 0.750 bits per heavy atom. The number of carboxylic acids is 2. The van der Waals surface area contributed by atoms with Crippen LogP contribution in [0.1, 0.15) is 54.2 Å². The van der Waals surface area contributed by atoms with Crippen molar-refractivity contribution in [1.29, 1.82) is 0 Å². The van der Waals surface area contributed by atoms with Crippen molar-refractivity contribution in [3.63, 3.8) is 0 Å². The molecule has 0 radical (unpaired) electrons. The lowest BCUT2D eigenvalue weighted by Crippen LogP contribution is -2.37. The third-order valence-electron chi connectivity index (χ3n) is 8.99.